The molecule has 0 bridgehead atoms. The molecule has 0 aliphatic carbocycles. The lowest BCUT2D eigenvalue weighted by molar-refractivity contribution is 0.283. The van der Waals surface area contributed by atoms with E-state index < -0.39 is 0 Å². The number of hydrogen-bond acceptors (Lipinski definition) is 3. The molecule has 2 heterocycles. The molecule has 2 aromatic carbocycles. The number of ether oxygens (including phenoxy) is 2. The second-order valence-corrected chi connectivity index (χ2v) is 6.86. The Labute approximate surface area is 136 Å². The van der Waals surface area contributed by atoms with Gasteiger partial charge in [-0.15, -0.1) is 0 Å². The summed E-state index contributed by atoms with van der Waals surface area (Å²) in [7, 11) is 1.72. The van der Waals surface area contributed by atoms with Crippen LogP contribution < -0.4 is 10.1 Å². The minimum Gasteiger partial charge on any atom is -0.496 e. The summed E-state index contributed by atoms with van der Waals surface area (Å²) in [5.41, 5.74) is 7.03. The highest BCUT2D eigenvalue weighted by Crippen LogP contribution is 2.46. The zero-order valence-corrected chi connectivity index (χ0v) is 14.0. The minimum absolute atomic E-state index is 0.0908. The van der Waals surface area contributed by atoms with Crippen LogP contribution in [0.25, 0.3) is 16.9 Å². The minimum atomic E-state index is -0.0908. The summed E-state index contributed by atoms with van der Waals surface area (Å²) in [4.78, 5) is 0. The van der Waals surface area contributed by atoms with Crippen molar-refractivity contribution >= 4 is 11.4 Å². The molecule has 2 aliphatic heterocycles. The van der Waals surface area contributed by atoms with Gasteiger partial charge in [-0.05, 0) is 50.6 Å². The Kier molecular flexibility index (Phi) is 2.95. The number of aryl methyl sites for hydroxylation is 1. The van der Waals surface area contributed by atoms with Gasteiger partial charge in [0.05, 0.1) is 12.6 Å². The molecule has 0 spiro atoms. The monoisotopic (exact) mass is 307 g/mol. The molecule has 23 heavy (non-hydrogen) atoms. The average Bonchev–Trinajstić information content (AvgIpc) is 2.91. The van der Waals surface area contributed by atoms with E-state index in [0.717, 1.165) is 22.8 Å². The Balaban J connectivity index is 1.94. The van der Waals surface area contributed by atoms with Gasteiger partial charge in [-0.25, -0.2) is 0 Å². The van der Waals surface area contributed by atoms with E-state index in [2.05, 4.69) is 56.4 Å². The number of rotatable bonds is 2. The molecule has 2 aliphatic rings. The molecule has 3 heteroatoms. The van der Waals surface area contributed by atoms with Gasteiger partial charge in [0.1, 0.15) is 18.1 Å². The van der Waals surface area contributed by atoms with Crippen molar-refractivity contribution in [1.29, 1.82) is 0 Å². The van der Waals surface area contributed by atoms with Crippen molar-refractivity contribution in [3.8, 4) is 16.9 Å². The number of methoxy groups -OCH3 is 1. The second-order valence-electron chi connectivity index (χ2n) is 6.86. The van der Waals surface area contributed by atoms with Gasteiger partial charge in [0, 0.05) is 22.4 Å². The van der Waals surface area contributed by atoms with Gasteiger partial charge in [-0.3, -0.25) is 0 Å². The van der Waals surface area contributed by atoms with Gasteiger partial charge in [-0.2, -0.15) is 0 Å². The average molecular weight is 307 g/mol. The van der Waals surface area contributed by atoms with Crippen molar-refractivity contribution in [3.63, 3.8) is 0 Å². The fraction of sp³-hybridized carbons (Fsp3) is 0.300. The maximum atomic E-state index is 5.99. The maximum Gasteiger partial charge on any atom is 0.127 e. The molecule has 0 saturated carbocycles. The molecule has 0 unspecified atom stereocenters. The van der Waals surface area contributed by atoms with Gasteiger partial charge in [0.2, 0.25) is 0 Å². The van der Waals surface area contributed by atoms with Crippen LogP contribution in [0.1, 0.15) is 30.5 Å². The molecule has 0 fully saturated rings. The molecule has 0 radical (unpaired) electrons. The van der Waals surface area contributed by atoms with E-state index in [1.54, 1.807) is 7.11 Å². The van der Waals surface area contributed by atoms with Gasteiger partial charge in [-0.1, -0.05) is 17.7 Å². The molecule has 3 nitrogen and oxygen atoms in total. The lowest BCUT2D eigenvalue weighted by Crippen LogP contribution is -2.31. The van der Waals surface area contributed by atoms with E-state index >= 15 is 0 Å². The van der Waals surface area contributed by atoms with E-state index in [0.29, 0.717) is 6.61 Å². The first-order chi connectivity index (χ1) is 11.0. The van der Waals surface area contributed by atoms with E-state index in [4.69, 9.17) is 9.47 Å². The van der Waals surface area contributed by atoms with Crippen LogP contribution in [0.3, 0.4) is 0 Å². The number of benzene rings is 2. The van der Waals surface area contributed by atoms with Gasteiger partial charge >= 0.3 is 0 Å². The Morgan fingerprint density at radius 1 is 1.13 bits per heavy atom. The Morgan fingerprint density at radius 2 is 1.96 bits per heavy atom. The third-order valence-electron chi connectivity index (χ3n) is 4.53. The molecular weight excluding hydrogens is 286 g/mol. The van der Waals surface area contributed by atoms with Crippen LogP contribution in [-0.4, -0.2) is 12.6 Å². The van der Waals surface area contributed by atoms with Crippen molar-refractivity contribution in [2.75, 3.05) is 12.4 Å². The summed E-state index contributed by atoms with van der Waals surface area (Å²) in [5.74, 6) is 1.89. The van der Waals surface area contributed by atoms with Crippen molar-refractivity contribution in [2.45, 2.75) is 32.9 Å². The van der Waals surface area contributed by atoms with Gasteiger partial charge in [0.25, 0.3) is 0 Å². The third-order valence-corrected chi connectivity index (χ3v) is 4.53. The Bertz CT molecular complexity index is 834. The SMILES string of the molecule is COc1ccc(C)cc1-c1ccc2c3c1COC3=CC(C)(C)N2. The van der Waals surface area contributed by atoms with Crippen LogP contribution in [-0.2, 0) is 11.3 Å². The molecule has 0 saturated heterocycles. The van der Waals surface area contributed by atoms with Crippen LogP contribution in [0.4, 0.5) is 5.69 Å². The fourth-order valence-electron chi connectivity index (χ4n) is 3.51. The Morgan fingerprint density at radius 3 is 2.74 bits per heavy atom. The van der Waals surface area contributed by atoms with Gasteiger partial charge in [0.15, 0.2) is 0 Å². The van der Waals surface area contributed by atoms with Crippen LogP contribution in [0.2, 0.25) is 0 Å². The molecular formula is C20H21NO2. The van der Waals surface area contributed by atoms with E-state index in [-0.39, 0.29) is 5.54 Å². The first-order valence-corrected chi connectivity index (χ1v) is 7.93. The molecule has 2 aromatic rings. The van der Waals surface area contributed by atoms with E-state index in [9.17, 15) is 0 Å². The summed E-state index contributed by atoms with van der Waals surface area (Å²) in [5, 5.41) is 3.58. The summed E-state index contributed by atoms with van der Waals surface area (Å²) < 4.78 is 11.6. The predicted octanol–water partition coefficient (Wildman–Crippen LogP) is 4.75. The second kappa shape index (κ2) is 4.79. The number of anilines is 1. The lowest BCUT2D eigenvalue weighted by Gasteiger charge is -2.30. The summed E-state index contributed by atoms with van der Waals surface area (Å²) in [6.07, 6.45) is 2.17. The smallest absolute Gasteiger partial charge is 0.127 e. The van der Waals surface area contributed by atoms with Crippen molar-refractivity contribution in [2.24, 2.45) is 0 Å². The molecule has 0 amide bonds. The standard InChI is InChI=1S/C20H21NO2/c1-12-5-8-17(22-4)14(9-12)13-6-7-16-19-15(13)11-23-18(19)10-20(2,3)21-16/h5-10,21H,11H2,1-4H3. The lowest BCUT2D eigenvalue weighted by atomic mass is 9.89. The molecule has 1 N–H and O–H groups in total. The Hall–Kier alpha value is -2.42. The third kappa shape index (κ3) is 2.19. The molecule has 0 aromatic heterocycles. The molecule has 118 valence electrons. The highest BCUT2D eigenvalue weighted by molar-refractivity contribution is 5.88. The first-order valence-electron chi connectivity index (χ1n) is 7.93. The summed E-state index contributed by atoms with van der Waals surface area (Å²) in [6, 6.07) is 10.6. The highest BCUT2D eigenvalue weighted by Gasteiger charge is 2.33. The zero-order chi connectivity index (χ0) is 16.2. The normalized spacial score (nSPS) is 17.0. The summed E-state index contributed by atoms with van der Waals surface area (Å²) >= 11 is 0. The predicted molar refractivity (Wildman–Crippen MR) is 93.6 cm³/mol. The quantitative estimate of drug-likeness (QED) is 0.869. The molecule has 4 rings (SSSR count). The maximum absolute atomic E-state index is 5.99. The van der Waals surface area contributed by atoms with Gasteiger partial charge < -0.3 is 14.8 Å². The number of hydrogen-bond donors (Lipinski definition) is 1. The fourth-order valence-corrected chi connectivity index (χ4v) is 3.51. The summed E-state index contributed by atoms with van der Waals surface area (Å²) in [6.45, 7) is 7.02. The van der Waals surface area contributed by atoms with Crippen molar-refractivity contribution in [3.05, 3.63) is 53.1 Å². The number of nitrogens with one attached hydrogen (secondary N) is 1. The van der Waals surface area contributed by atoms with Crippen LogP contribution in [0.15, 0.2) is 36.4 Å². The van der Waals surface area contributed by atoms with Crippen LogP contribution in [0.5, 0.6) is 5.75 Å². The largest absolute Gasteiger partial charge is 0.496 e. The van der Waals surface area contributed by atoms with E-state index in [1.807, 2.05) is 6.07 Å². The van der Waals surface area contributed by atoms with E-state index in [1.165, 1.54) is 22.3 Å². The topological polar surface area (TPSA) is 30.5 Å². The van der Waals surface area contributed by atoms with Crippen molar-refractivity contribution < 1.29 is 9.47 Å². The first kappa shape index (κ1) is 14.2. The van der Waals surface area contributed by atoms with Crippen LogP contribution >= 0.6 is 0 Å². The van der Waals surface area contributed by atoms with Crippen molar-refractivity contribution in [1.82, 2.24) is 0 Å². The highest BCUT2D eigenvalue weighted by atomic mass is 16.5. The molecule has 0 atom stereocenters. The van der Waals surface area contributed by atoms with Crippen LogP contribution in [0, 0.1) is 6.92 Å². The zero-order valence-electron chi connectivity index (χ0n) is 14.0.